The molecule has 0 fully saturated rings. The molecule has 0 spiro atoms. The van der Waals surface area contributed by atoms with Gasteiger partial charge >= 0.3 is 5.97 Å². The molecule has 0 bridgehead atoms. The summed E-state index contributed by atoms with van der Waals surface area (Å²) in [5.74, 6) is -0.302. The van der Waals surface area contributed by atoms with E-state index in [0.29, 0.717) is 15.4 Å². The summed E-state index contributed by atoms with van der Waals surface area (Å²) in [5, 5.41) is 4.90. The van der Waals surface area contributed by atoms with Gasteiger partial charge in [-0.2, -0.15) is 0 Å². The number of quaternary nitrogens is 1. The highest BCUT2D eigenvalue weighted by atomic mass is 32.1. The van der Waals surface area contributed by atoms with Gasteiger partial charge in [0.1, 0.15) is 11.0 Å². The lowest BCUT2D eigenvalue weighted by Gasteiger charge is -2.09. The van der Waals surface area contributed by atoms with Crippen molar-refractivity contribution in [3.05, 3.63) is 40.2 Å². The molecule has 2 aromatic rings. The van der Waals surface area contributed by atoms with Gasteiger partial charge in [0.05, 0.1) is 23.3 Å². The lowest BCUT2D eigenvalue weighted by atomic mass is 10.1. The van der Waals surface area contributed by atoms with E-state index in [2.05, 4.69) is 5.32 Å². The fourth-order valence-electron chi connectivity index (χ4n) is 2.59. The monoisotopic (exact) mass is 408 g/mol. The number of esters is 1. The van der Waals surface area contributed by atoms with Crippen LogP contribution in [0.3, 0.4) is 0 Å². The zero-order valence-corrected chi connectivity index (χ0v) is 17.5. The molecule has 1 atom stereocenters. The maximum atomic E-state index is 12.4. The third kappa shape index (κ3) is 4.99. The van der Waals surface area contributed by atoms with Crippen LogP contribution >= 0.6 is 11.3 Å². The molecule has 0 aromatic carbocycles. The van der Waals surface area contributed by atoms with Gasteiger partial charge in [0.15, 0.2) is 12.3 Å². The number of anilines is 1. The van der Waals surface area contributed by atoms with E-state index >= 15 is 0 Å². The molecule has 0 unspecified atom stereocenters. The van der Waals surface area contributed by atoms with Crippen LogP contribution in [0.2, 0.25) is 0 Å². The normalized spacial score (nSPS) is 11.8. The molecule has 9 heteroatoms. The summed E-state index contributed by atoms with van der Waals surface area (Å²) in [4.78, 5) is 39.0. The molecular weight excluding hydrogens is 382 g/mol. The first-order valence-electron chi connectivity index (χ1n) is 8.94. The van der Waals surface area contributed by atoms with Gasteiger partial charge in [-0.1, -0.05) is 0 Å². The number of hydrogen-bond donors (Lipinski definition) is 2. The smallest absolute Gasteiger partial charge is 0.341 e. The van der Waals surface area contributed by atoms with Crippen molar-refractivity contribution in [3.8, 4) is 0 Å². The molecule has 152 valence electrons. The average Bonchev–Trinajstić information content (AvgIpc) is 3.27. The summed E-state index contributed by atoms with van der Waals surface area (Å²) >= 11 is 1.08. The van der Waals surface area contributed by atoms with E-state index in [9.17, 15) is 14.4 Å². The number of thiophene rings is 1. The second kappa shape index (κ2) is 9.52. The van der Waals surface area contributed by atoms with Crippen LogP contribution in [-0.4, -0.2) is 49.9 Å². The summed E-state index contributed by atoms with van der Waals surface area (Å²) in [5.41, 5.74) is 0.731. The molecule has 8 nitrogen and oxygen atoms in total. The molecule has 0 saturated carbocycles. The van der Waals surface area contributed by atoms with Gasteiger partial charge in [0.2, 0.25) is 0 Å². The van der Waals surface area contributed by atoms with Crippen LogP contribution in [0.5, 0.6) is 0 Å². The Labute approximate surface area is 167 Å². The molecule has 28 heavy (non-hydrogen) atoms. The van der Waals surface area contributed by atoms with Crippen LogP contribution in [0.25, 0.3) is 0 Å². The first-order valence-corrected chi connectivity index (χ1v) is 9.76. The number of nitrogens with two attached hydrogens (primary N) is 1. The quantitative estimate of drug-likeness (QED) is 0.648. The predicted octanol–water partition coefficient (Wildman–Crippen LogP) is 1.79. The lowest BCUT2D eigenvalue weighted by Crippen LogP contribution is -2.86. The standard InChI is InChI=1S/C19H25N3O5S/c1-6-26-19(25)15-11(2)16(18(24)22(4)5)28-17(15)21-14(23)10-20-12(3)13-8-7-9-27-13/h7-9,12,20H,6,10H2,1-5H3,(H,21,23)/p+1/t12-/m0/s1. The molecule has 2 amide bonds. The molecule has 0 aliphatic rings. The van der Waals surface area contributed by atoms with E-state index in [1.807, 2.05) is 18.3 Å². The third-order valence-corrected chi connectivity index (χ3v) is 5.32. The summed E-state index contributed by atoms with van der Waals surface area (Å²) < 4.78 is 10.4. The van der Waals surface area contributed by atoms with E-state index in [1.165, 1.54) is 4.90 Å². The van der Waals surface area contributed by atoms with E-state index in [1.54, 1.807) is 40.3 Å². The zero-order chi connectivity index (χ0) is 20.8. The van der Waals surface area contributed by atoms with Crippen molar-refractivity contribution in [2.24, 2.45) is 0 Å². The van der Waals surface area contributed by atoms with E-state index in [0.717, 1.165) is 17.1 Å². The number of hydrogen-bond acceptors (Lipinski definition) is 6. The second-order valence-corrected chi connectivity index (χ2v) is 7.49. The van der Waals surface area contributed by atoms with Crippen LogP contribution in [0.1, 0.15) is 51.2 Å². The SMILES string of the molecule is CCOC(=O)c1c(NC(=O)C[NH2+][C@@H](C)c2ccco2)sc(C(=O)N(C)C)c1C. The summed E-state index contributed by atoms with van der Waals surface area (Å²) in [6, 6.07) is 3.62. The first-order chi connectivity index (χ1) is 13.3. The van der Waals surface area contributed by atoms with Gasteiger partial charge in [0, 0.05) is 14.1 Å². The second-order valence-electron chi connectivity index (χ2n) is 6.47. The van der Waals surface area contributed by atoms with E-state index in [4.69, 9.17) is 9.15 Å². The molecule has 2 aromatic heterocycles. The molecule has 2 heterocycles. The highest BCUT2D eigenvalue weighted by Gasteiger charge is 2.27. The molecule has 0 aliphatic heterocycles. The van der Waals surface area contributed by atoms with Gasteiger partial charge < -0.3 is 24.7 Å². The number of amides is 2. The number of ether oxygens (including phenoxy) is 1. The maximum Gasteiger partial charge on any atom is 0.341 e. The topological polar surface area (TPSA) is 105 Å². The van der Waals surface area contributed by atoms with Crippen molar-refractivity contribution in [2.45, 2.75) is 26.8 Å². The Morgan fingerprint density at radius 3 is 2.64 bits per heavy atom. The number of rotatable bonds is 8. The zero-order valence-electron chi connectivity index (χ0n) is 16.7. The van der Waals surface area contributed by atoms with Crippen LogP contribution in [0.4, 0.5) is 5.00 Å². The van der Waals surface area contributed by atoms with Crippen LogP contribution < -0.4 is 10.6 Å². The Morgan fingerprint density at radius 1 is 1.36 bits per heavy atom. The van der Waals surface area contributed by atoms with Gasteiger partial charge in [-0.3, -0.25) is 9.59 Å². The fraction of sp³-hybridized carbons (Fsp3) is 0.421. The minimum Gasteiger partial charge on any atom is -0.463 e. The molecule has 0 saturated heterocycles. The molecule has 0 aliphatic carbocycles. The number of nitrogens with zero attached hydrogens (tertiary/aromatic N) is 1. The number of furan rings is 1. The van der Waals surface area contributed by atoms with Crippen LogP contribution in [0.15, 0.2) is 22.8 Å². The van der Waals surface area contributed by atoms with Crippen molar-refractivity contribution in [1.29, 1.82) is 0 Å². The van der Waals surface area contributed by atoms with Crippen molar-refractivity contribution in [1.82, 2.24) is 4.90 Å². The Bertz CT molecular complexity index is 842. The Kier molecular flexibility index (Phi) is 7.36. The third-order valence-electron chi connectivity index (χ3n) is 4.13. The first kappa shape index (κ1) is 21.6. The van der Waals surface area contributed by atoms with Crippen molar-refractivity contribution < 1.29 is 28.9 Å². The minimum atomic E-state index is -0.558. The van der Waals surface area contributed by atoms with Gasteiger partial charge in [-0.15, -0.1) is 11.3 Å². The summed E-state index contributed by atoms with van der Waals surface area (Å²) in [6.45, 7) is 5.65. The van der Waals surface area contributed by atoms with Crippen molar-refractivity contribution in [2.75, 3.05) is 32.6 Å². The van der Waals surface area contributed by atoms with Crippen LogP contribution in [0, 0.1) is 6.92 Å². The molecular formula is C19H26N3O5S+. The van der Waals surface area contributed by atoms with Gasteiger partial charge in [-0.05, 0) is 38.5 Å². The minimum absolute atomic E-state index is 0.0266. The predicted molar refractivity (Wildman–Crippen MR) is 106 cm³/mol. The number of carbonyl (C=O) groups excluding carboxylic acids is 3. The molecule has 0 radical (unpaired) electrons. The van der Waals surface area contributed by atoms with Crippen LogP contribution in [-0.2, 0) is 9.53 Å². The lowest BCUT2D eigenvalue weighted by molar-refractivity contribution is -0.684. The largest absolute Gasteiger partial charge is 0.463 e. The molecule has 2 rings (SSSR count). The van der Waals surface area contributed by atoms with E-state index in [-0.39, 0.29) is 36.6 Å². The van der Waals surface area contributed by atoms with Gasteiger partial charge in [0.25, 0.3) is 11.8 Å². The average molecular weight is 409 g/mol. The Hall–Kier alpha value is -2.65. The fourth-order valence-corrected chi connectivity index (χ4v) is 3.82. The molecule has 3 N–H and O–H groups in total. The van der Waals surface area contributed by atoms with Crippen molar-refractivity contribution >= 4 is 34.1 Å². The van der Waals surface area contributed by atoms with Crippen molar-refractivity contribution in [3.63, 3.8) is 0 Å². The van der Waals surface area contributed by atoms with E-state index < -0.39 is 5.97 Å². The highest BCUT2D eigenvalue weighted by Crippen LogP contribution is 2.34. The maximum absolute atomic E-state index is 12.4. The number of carbonyl (C=O) groups is 3. The van der Waals surface area contributed by atoms with Gasteiger partial charge in [-0.25, -0.2) is 4.79 Å². The summed E-state index contributed by atoms with van der Waals surface area (Å²) in [7, 11) is 3.27. The number of nitrogens with one attached hydrogen (secondary N) is 1. The Balaban J connectivity index is 2.18. The summed E-state index contributed by atoms with van der Waals surface area (Å²) in [6.07, 6.45) is 1.59. The Morgan fingerprint density at radius 2 is 2.07 bits per heavy atom. The highest BCUT2D eigenvalue weighted by molar-refractivity contribution is 7.18.